The van der Waals surface area contributed by atoms with Gasteiger partial charge >= 0.3 is 0 Å². The molecule has 2 saturated heterocycles. The maximum atomic E-state index is 4.46. The number of hydrogen-bond acceptors (Lipinski definition) is 4. The summed E-state index contributed by atoms with van der Waals surface area (Å²) in [6.45, 7) is 6.55. The highest BCUT2D eigenvalue weighted by atomic mass is 35.5. The Bertz CT molecular complexity index is 399. The summed E-state index contributed by atoms with van der Waals surface area (Å²) in [5, 5.41) is 3.66. The zero-order valence-corrected chi connectivity index (χ0v) is 13.6. The number of fused-ring (bicyclic) bond motifs is 1. The largest absolute Gasteiger partial charge is 0.314 e. The Hall–Kier alpha value is -0.420. The van der Waals surface area contributed by atoms with Crippen molar-refractivity contribution in [3.05, 3.63) is 23.8 Å². The van der Waals surface area contributed by atoms with Gasteiger partial charge in [0.25, 0.3) is 0 Å². The first-order valence-electron chi connectivity index (χ1n) is 7.04. The molecule has 0 radical (unpaired) electrons. The number of nitrogens with zero attached hydrogens (tertiary/aromatic N) is 3. The minimum Gasteiger partial charge on any atom is -0.314 e. The molecule has 4 nitrogen and oxygen atoms in total. The predicted octanol–water partition coefficient (Wildman–Crippen LogP) is 2.20. The highest BCUT2D eigenvalue weighted by molar-refractivity contribution is 5.85. The van der Waals surface area contributed by atoms with Crippen molar-refractivity contribution in [1.29, 1.82) is 0 Å². The lowest BCUT2D eigenvalue weighted by atomic mass is 9.85. The molecule has 0 bridgehead atoms. The maximum absolute atomic E-state index is 4.46. The normalized spacial score (nSPS) is 26.1. The molecule has 2 fully saturated rings. The minimum atomic E-state index is 0. The number of piperidine rings is 2. The predicted molar refractivity (Wildman–Crippen MR) is 85.7 cm³/mol. The van der Waals surface area contributed by atoms with Gasteiger partial charge in [-0.2, -0.15) is 0 Å². The van der Waals surface area contributed by atoms with E-state index in [0.717, 1.165) is 29.9 Å². The molecule has 3 rings (SSSR count). The molecule has 2 aliphatic heterocycles. The first kappa shape index (κ1) is 17.6. The van der Waals surface area contributed by atoms with Gasteiger partial charge in [0.05, 0.1) is 11.4 Å². The van der Waals surface area contributed by atoms with E-state index >= 15 is 0 Å². The van der Waals surface area contributed by atoms with Gasteiger partial charge in [-0.05, 0) is 38.6 Å². The lowest BCUT2D eigenvalue weighted by Gasteiger charge is -2.41. The van der Waals surface area contributed by atoms with Gasteiger partial charge in [0, 0.05) is 38.1 Å². The van der Waals surface area contributed by atoms with Crippen molar-refractivity contribution in [3.8, 4) is 0 Å². The van der Waals surface area contributed by atoms with Crippen LogP contribution in [-0.4, -0.2) is 40.5 Å². The molecule has 1 N–H and O–H groups in total. The van der Waals surface area contributed by atoms with E-state index < -0.39 is 0 Å². The maximum Gasteiger partial charge on any atom is 0.0727 e. The molecule has 0 aliphatic carbocycles. The van der Waals surface area contributed by atoms with E-state index in [4.69, 9.17) is 0 Å². The van der Waals surface area contributed by atoms with Gasteiger partial charge in [-0.15, -0.1) is 24.8 Å². The number of aromatic nitrogens is 2. The summed E-state index contributed by atoms with van der Waals surface area (Å²) in [5.41, 5.74) is 2.09. The van der Waals surface area contributed by atoms with Crippen LogP contribution in [-0.2, 0) is 6.54 Å². The van der Waals surface area contributed by atoms with Crippen LogP contribution in [0, 0.1) is 12.8 Å². The zero-order chi connectivity index (χ0) is 12.4. The van der Waals surface area contributed by atoms with Gasteiger partial charge < -0.3 is 5.32 Å². The summed E-state index contributed by atoms with van der Waals surface area (Å²) >= 11 is 0. The van der Waals surface area contributed by atoms with Gasteiger partial charge in [0.1, 0.15) is 0 Å². The second-order valence-corrected chi connectivity index (χ2v) is 5.64. The Morgan fingerprint density at radius 1 is 1.25 bits per heavy atom. The highest BCUT2D eigenvalue weighted by Gasteiger charge is 2.30. The van der Waals surface area contributed by atoms with Gasteiger partial charge in [0.15, 0.2) is 0 Å². The molecule has 2 aliphatic rings. The second-order valence-electron chi connectivity index (χ2n) is 5.64. The summed E-state index contributed by atoms with van der Waals surface area (Å²) in [7, 11) is 0. The lowest BCUT2D eigenvalue weighted by Crippen LogP contribution is -2.51. The average Bonchev–Trinajstić information content (AvgIpc) is 2.41. The van der Waals surface area contributed by atoms with E-state index in [1.54, 1.807) is 0 Å². The molecule has 0 amide bonds. The van der Waals surface area contributed by atoms with Crippen LogP contribution < -0.4 is 5.32 Å². The SMILES string of the molecule is Cc1cnc(CN2CC[C@@H]3NCCC[C@@H]3C2)cn1.Cl.Cl. The number of likely N-dealkylation sites (tertiary alicyclic amines) is 1. The minimum absolute atomic E-state index is 0. The topological polar surface area (TPSA) is 41.1 Å². The fraction of sp³-hybridized carbons (Fsp3) is 0.714. The van der Waals surface area contributed by atoms with E-state index in [1.165, 1.54) is 38.9 Å². The fourth-order valence-corrected chi connectivity index (χ4v) is 3.19. The summed E-state index contributed by atoms with van der Waals surface area (Å²) in [4.78, 5) is 11.3. The van der Waals surface area contributed by atoms with Crippen LogP contribution in [0.3, 0.4) is 0 Å². The Kier molecular flexibility index (Phi) is 7.17. The fourth-order valence-electron chi connectivity index (χ4n) is 3.19. The van der Waals surface area contributed by atoms with Crippen molar-refractivity contribution < 1.29 is 0 Å². The van der Waals surface area contributed by atoms with Crippen molar-refractivity contribution in [2.24, 2.45) is 5.92 Å². The third kappa shape index (κ3) is 4.29. The summed E-state index contributed by atoms with van der Waals surface area (Å²) in [6.07, 6.45) is 7.78. The Morgan fingerprint density at radius 2 is 2.10 bits per heavy atom. The molecule has 114 valence electrons. The van der Waals surface area contributed by atoms with Gasteiger partial charge in [0.2, 0.25) is 0 Å². The Morgan fingerprint density at radius 3 is 2.85 bits per heavy atom. The average molecular weight is 319 g/mol. The number of nitrogens with one attached hydrogen (secondary N) is 1. The molecule has 0 saturated carbocycles. The van der Waals surface area contributed by atoms with Crippen molar-refractivity contribution >= 4 is 24.8 Å². The van der Waals surface area contributed by atoms with Crippen LogP contribution in [0.5, 0.6) is 0 Å². The van der Waals surface area contributed by atoms with Gasteiger partial charge in [-0.3, -0.25) is 14.9 Å². The van der Waals surface area contributed by atoms with Crippen molar-refractivity contribution in [3.63, 3.8) is 0 Å². The third-order valence-electron chi connectivity index (χ3n) is 4.20. The summed E-state index contributed by atoms with van der Waals surface area (Å²) in [6, 6.07) is 0.763. The van der Waals surface area contributed by atoms with Crippen LogP contribution in [0.25, 0.3) is 0 Å². The Balaban J connectivity index is 0.000001000. The monoisotopic (exact) mass is 318 g/mol. The van der Waals surface area contributed by atoms with Gasteiger partial charge in [-0.25, -0.2) is 0 Å². The van der Waals surface area contributed by atoms with E-state index in [1.807, 2.05) is 19.3 Å². The van der Waals surface area contributed by atoms with Crippen LogP contribution >= 0.6 is 24.8 Å². The molecule has 0 unspecified atom stereocenters. The highest BCUT2D eigenvalue weighted by Crippen LogP contribution is 2.25. The smallest absolute Gasteiger partial charge is 0.0727 e. The Labute approximate surface area is 133 Å². The van der Waals surface area contributed by atoms with E-state index in [-0.39, 0.29) is 24.8 Å². The number of aryl methyl sites for hydroxylation is 1. The molecule has 0 spiro atoms. The molecule has 0 aromatic carbocycles. The van der Waals surface area contributed by atoms with E-state index in [0.29, 0.717) is 0 Å². The van der Waals surface area contributed by atoms with Gasteiger partial charge in [-0.1, -0.05) is 0 Å². The molecular formula is C14H24Cl2N4. The molecular weight excluding hydrogens is 295 g/mol. The number of hydrogen-bond donors (Lipinski definition) is 1. The summed E-state index contributed by atoms with van der Waals surface area (Å²) in [5.74, 6) is 0.839. The number of halogens is 2. The number of rotatable bonds is 2. The summed E-state index contributed by atoms with van der Waals surface area (Å²) < 4.78 is 0. The van der Waals surface area contributed by atoms with Crippen molar-refractivity contribution in [1.82, 2.24) is 20.2 Å². The van der Waals surface area contributed by atoms with Crippen molar-refractivity contribution in [2.45, 2.75) is 38.8 Å². The van der Waals surface area contributed by atoms with Crippen LogP contribution in [0.15, 0.2) is 12.4 Å². The van der Waals surface area contributed by atoms with Crippen molar-refractivity contribution in [2.75, 3.05) is 19.6 Å². The standard InChI is InChI=1S/C14H22N4.2ClH/c1-11-7-17-13(8-16-11)10-18-6-4-14-12(9-18)3-2-5-15-14;;/h7-8,12,14-15H,2-6,9-10H2,1H3;2*1H/t12-,14+;;/m1../s1. The molecule has 2 atom stereocenters. The quantitative estimate of drug-likeness (QED) is 0.907. The molecule has 3 heterocycles. The van der Waals surface area contributed by atoms with Crippen LogP contribution in [0.1, 0.15) is 30.7 Å². The first-order chi connectivity index (χ1) is 8.81. The molecule has 1 aromatic rings. The van der Waals surface area contributed by atoms with Crippen LogP contribution in [0.2, 0.25) is 0 Å². The molecule has 20 heavy (non-hydrogen) atoms. The zero-order valence-electron chi connectivity index (χ0n) is 11.9. The molecule has 6 heteroatoms. The molecule has 1 aromatic heterocycles. The van der Waals surface area contributed by atoms with E-state index in [2.05, 4.69) is 20.2 Å². The van der Waals surface area contributed by atoms with E-state index in [9.17, 15) is 0 Å². The lowest BCUT2D eigenvalue weighted by molar-refractivity contribution is 0.108. The second kappa shape index (κ2) is 8.13. The van der Waals surface area contributed by atoms with Crippen LogP contribution in [0.4, 0.5) is 0 Å². The first-order valence-corrected chi connectivity index (χ1v) is 7.04. The third-order valence-corrected chi connectivity index (χ3v) is 4.20.